The molecule has 2 aromatic carbocycles. The van der Waals surface area contributed by atoms with Crippen molar-refractivity contribution < 1.29 is 19.4 Å². The number of phenolic OH excluding ortho intramolecular Hbond substituents is 1. The van der Waals surface area contributed by atoms with Gasteiger partial charge in [-0.1, -0.05) is 32.0 Å². The second-order valence-corrected chi connectivity index (χ2v) is 9.74. The maximum atomic E-state index is 13.7. The molecule has 196 valence electrons. The van der Waals surface area contributed by atoms with E-state index >= 15 is 0 Å². The standard InChI is InChI=1S/C30H32N4O4/c1-4-37-25-17-21(9-10-24(25)38-16-13-19(2)3)29-26-27(22-7-5-6-8-23(22)35)32-33-28(26)30(36)34(29)18-20-11-14-31-15-12-20/h5-12,14-15,17,19,29,35H,4,13,16,18H2,1-3H3,(H,32,33). The van der Waals surface area contributed by atoms with Gasteiger partial charge in [0.2, 0.25) is 0 Å². The number of carbonyl (C=O) groups excluding carboxylic acids is 1. The highest BCUT2D eigenvalue weighted by Gasteiger charge is 2.42. The van der Waals surface area contributed by atoms with Gasteiger partial charge in [-0.25, -0.2) is 0 Å². The molecular formula is C30H32N4O4. The molecule has 0 bridgehead atoms. The normalized spacial score (nSPS) is 14.7. The van der Waals surface area contributed by atoms with Crippen LogP contribution in [0, 0.1) is 5.92 Å². The van der Waals surface area contributed by atoms with Crippen molar-refractivity contribution in [3.63, 3.8) is 0 Å². The van der Waals surface area contributed by atoms with Crippen LogP contribution in [0.1, 0.15) is 60.4 Å². The lowest BCUT2D eigenvalue weighted by molar-refractivity contribution is 0.0729. The van der Waals surface area contributed by atoms with Gasteiger partial charge in [0, 0.05) is 30.1 Å². The summed E-state index contributed by atoms with van der Waals surface area (Å²) in [5, 5.41) is 18.0. The Kier molecular flexibility index (Phi) is 7.31. The molecule has 0 saturated carbocycles. The van der Waals surface area contributed by atoms with E-state index in [1.807, 2.05) is 48.2 Å². The van der Waals surface area contributed by atoms with Crippen LogP contribution in [0.15, 0.2) is 67.0 Å². The smallest absolute Gasteiger partial charge is 0.273 e. The van der Waals surface area contributed by atoms with Crippen molar-refractivity contribution in [3.05, 3.63) is 89.4 Å². The highest BCUT2D eigenvalue weighted by atomic mass is 16.5. The molecule has 0 spiro atoms. The van der Waals surface area contributed by atoms with Crippen LogP contribution in [-0.4, -0.2) is 44.3 Å². The number of aromatic nitrogens is 3. The molecule has 8 nitrogen and oxygen atoms in total. The van der Waals surface area contributed by atoms with Crippen LogP contribution >= 0.6 is 0 Å². The van der Waals surface area contributed by atoms with Crippen molar-refractivity contribution >= 4 is 5.91 Å². The summed E-state index contributed by atoms with van der Waals surface area (Å²) in [5.74, 6) is 1.78. The number of benzene rings is 2. The van der Waals surface area contributed by atoms with E-state index in [1.165, 1.54) is 0 Å². The van der Waals surface area contributed by atoms with Gasteiger partial charge in [-0.3, -0.25) is 14.9 Å². The molecule has 8 heteroatoms. The number of H-pyrrole nitrogens is 1. The number of nitrogens with one attached hydrogen (secondary N) is 1. The van der Waals surface area contributed by atoms with Gasteiger partial charge in [-0.2, -0.15) is 5.10 Å². The largest absolute Gasteiger partial charge is 0.507 e. The van der Waals surface area contributed by atoms with Gasteiger partial charge in [-0.05, 0) is 66.8 Å². The maximum absolute atomic E-state index is 13.7. The van der Waals surface area contributed by atoms with E-state index in [1.54, 1.807) is 30.6 Å². The minimum Gasteiger partial charge on any atom is -0.507 e. The Hall–Kier alpha value is -4.33. The van der Waals surface area contributed by atoms with Gasteiger partial charge in [0.15, 0.2) is 11.5 Å². The van der Waals surface area contributed by atoms with Crippen LogP contribution < -0.4 is 9.47 Å². The number of fused-ring (bicyclic) bond motifs is 1. The van der Waals surface area contributed by atoms with Crippen LogP contribution in [0.5, 0.6) is 17.2 Å². The van der Waals surface area contributed by atoms with Crippen molar-refractivity contribution in [2.75, 3.05) is 13.2 Å². The van der Waals surface area contributed by atoms with Crippen molar-refractivity contribution in [1.82, 2.24) is 20.1 Å². The maximum Gasteiger partial charge on any atom is 0.273 e. The number of aromatic amines is 1. The number of nitrogens with zero attached hydrogens (tertiary/aromatic N) is 3. The van der Waals surface area contributed by atoms with E-state index in [9.17, 15) is 9.90 Å². The summed E-state index contributed by atoms with van der Waals surface area (Å²) in [6.45, 7) is 7.71. The van der Waals surface area contributed by atoms with Crippen LogP contribution in [0.4, 0.5) is 0 Å². The predicted octanol–water partition coefficient (Wildman–Crippen LogP) is 5.75. The summed E-state index contributed by atoms with van der Waals surface area (Å²) in [6.07, 6.45) is 4.37. The molecule has 0 aliphatic carbocycles. The molecule has 0 radical (unpaired) electrons. The molecule has 2 aromatic heterocycles. The minimum absolute atomic E-state index is 0.101. The van der Waals surface area contributed by atoms with Crippen LogP contribution in [0.25, 0.3) is 11.3 Å². The zero-order valence-electron chi connectivity index (χ0n) is 21.8. The fourth-order valence-electron chi connectivity index (χ4n) is 4.76. The summed E-state index contributed by atoms with van der Waals surface area (Å²) < 4.78 is 12.0. The van der Waals surface area contributed by atoms with Gasteiger partial charge in [0.05, 0.1) is 19.3 Å². The lowest BCUT2D eigenvalue weighted by Gasteiger charge is -2.27. The number of para-hydroxylation sites is 1. The van der Waals surface area contributed by atoms with Crippen molar-refractivity contribution in [1.29, 1.82) is 0 Å². The molecule has 0 saturated heterocycles. The number of pyridine rings is 1. The second kappa shape index (κ2) is 11.0. The van der Waals surface area contributed by atoms with E-state index in [0.717, 1.165) is 23.1 Å². The quantitative estimate of drug-likeness (QED) is 0.281. The zero-order chi connectivity index (χ0) is 26.6. The van der Waals surface area contributed by atoms with Crippen molar-refractivity contribution in [2.24, 2.45) is 5.92 Å². The lowest BCUT2D eigenvalue weighted by atomic mass is 9.95. The van der Waals surface area contributed by atoms with Gasteiger partial charge in [-0.15, -0.1) is 0 Å². The fourth-order valence-corrected chi connectivity index (χ4v) is 4.76. The number of phenols is 1. The van der Waals surface area contributed by atoms with Crippen LogP contribution in [0.3, 0.4) is 0 Å². The number of rotatable bonds is 10. The van der Waals surface area contributed by atoms with Crippen molar-refractivity contribution in [3.8, 4) is 28.5 Å². The van der Waals surface area contributed by atoms with Crippen LogP contribution in [-0.2, 0) is 6.54 Å². The van der Waals surface area contributed by atoms with E-state index in [-0.39, 0.29) is 11.7 Å². The summed E-state index contributed by atoms with van der Waals surface area (Å²) in [7, 11) is 0. The molecule has 1 atom stereocenters. The molecule has 5 rings (SSSR count). The molecule has 3 heterocycles. The summed E-state index contributed by atoms with van der Waals surface area (Å²) in [5.41, 5.74) is 4.07. The number of hydrogen-bond donors (Lipinski definition) is 2. The first-order valence-corrected chi connectivity index (χ1v) is 12.9. The molecule has 1 amide bonds. The Morgan fingerprint density at radius 2 is 1.84 bits per heavy atom. The zero-order valence-corrected chi connectivity index (χ0v) is 21.8. The Balaban J connectivity index is 1.60. The first-order valence-electron chi connectivity index (χ1n) is 12.9. The van der Waals surface area contributed by atoms with Gasteiger partial charge in [0.25, 0.3) is 5.91 Å². The molecule has 38 heavy (non-hydrogen) atoms. The minimum atomic E-state index is -0.456. The van der Waals surface area contributed by atoms with Gasteiger partial charge < -0.3 is 19.5 Å². The average molecular weight is 513 g/mol. The number of carbonyl (C=O) groups is 1. The molecule has 1 aliphatic rings. The molecule has 1 aliphatic heterocycles. The van der Waals surface area contributed by atoms with Crippen LogP contribution in [0.2, 0.25) is 0 Å². The van der Waals surface area contributed by atoms with Gasteiger partial charge in [0.1, 0.15) is 17.1 Å². The van der Waals surface area contributed by atoms with E-state index in [2.05, 4.69) is 29.0 Å². The molecule has 2 N–H and O–H groups in total. The molecule has 0 fully saturated rings. The number of aromatic hydroxyl groups is 1. The Morgan fingerprint density at radius 3 is 2.58 bits per heavy atom. The number of amides is 1. The summed E-state index contributed by atoms with van der Waals surface area (Å²) in [6, 6.07) is 16.2. The van der Waals surface area contributed by atoms with Gasteiger partial charge >= 0.3 is 0 Å². The first-order chi connectivity index (χ1) is 18.5. The topological polar surface area (TPSA) is 101 Å². The first kappa shape index (κ1) is 25.3. The summed E-state index contributed by atoms with van der Waals surface area (Å²) in [4.78, 5) is 19.6. The third-order valence-corrected chi connectivity index (χ3v) is 6.66. The number of ether oxygens (including phenoxy) is 2. The Morgan fingerprint density at radius 1 is 1.05 bits per heavy atom. The lowest BCUT2D eigenvalue weighted by Crippen LogP contribution is -2.29. The highest BCUT2D eigenvalue weighted by Crippen LogP contribution is 2.46. The Labute approximate surface area is 222 Å². The van der Waals surface area contributed by atoms with E-state index < -0.39 is 6.04 Å². The SMILES string of the molecule is CCOc1cc(C2c3c(-c4ccccc4O)n[nH]c3C(=O)N2Cc2ccncc2)ccc1OCCC(C)C. The molecule has 1 unspecified atom stereocenters. The third kappa shape index (κ3) is 4.94. The average Bonchev–Trinajstić information content (AvgIpc) is 3.45. The predicted molar refractivity (Wildman–Crippen MR) is 144 cm³/mol. The fraction of sp³-hybridized carbons (Fsp3) is 0.300. The molecule has 4 aromatic rings. The highest BCUT2D eigenvalue weighted by molar-refractivity contribution is 6.00. The second-order valence-electron chi connectivity index (χ2n) is 9.74. The van der Waals surface area contributed by atoms with E-state index in [4.69, 9.17) is 9.47 Å². The molecular weight excluding hydrogens is 480 g/mol. The number of hydrogen-bond acceptors (Lipinski definition) is 6. The monoisotopic (exact) mass is 512 g/mol. The Bertz CT molecular complexity index is 1420. The third-order valence-electron chi connectivity index (χ3n) is 6.66. The summed E-state index contributed by atoms with van der Waals surface area (Å²) >= 11 is 0. The van der Waals surface area contributed by atoms with Crippen molar-refractivity contribution in [2.45, 2.75) is 39.8 Å². The van der Waals surface area contributed by atoms with E-state index in [0.29, 0.717) is 54.1 Å².